The molecule has 4 heteroatoms. The molecular formula is C6H14Cl2OTi. The van der Waals surface area contributed by atoms with E-state index in [1.165, 1.54) is 0 Å². The Kier molecular flexibility index (Phi) is 3.17. The fraction of sp³-hybridized carbons (Fsp3) is 1.00. The maximum atomic E-state index is 11.8. The summed E-state index contributed by atoms with van der Waals surface area (Å²) in [5.41, 5.74) is 0. The molecule has 0 aromatic carbocycles. The van der Waals surface area contributed by atoms with Gasteiger partial charge in [-0.15, -0.1) is 0 Å². The number of hydrogen-bond donors (Lipinski definition) is 0. The third-order valence-corrected chi connectivity index (χ3v) is 15.5. The first-order valence-corrected chi connectivity index (χ1v) is 10.2. The van der Waals surface area contributed by atoms with Gasteiger partial charge in [-0.3, -0.25) is 0 Å². The minimum atomic E-state index is -4.28. The molecule has 0 radical (unpaired) electrons. The Hall–Kier alpha value is 1.09. The summed E-state index contributed by atoms with van der Waals surface area (Å²) in [6.07, 6.45) is 0. The van der Waals surface area contributed by atoms with E-state index in [0.717, 1.165) is 0 Å². The summed E-state index contributed by atoms with van der Waals surface area (Å²) < 4.78 is 11.6. The zero-order valence-corrected chi connectivity index (χ0v) is 9.89. The molecule has 0 atom stereocenters. The molecule has 0 aliphatic rings. The van der Waals surface area contributed by atoms with Crippen molar-refractivity contribution in [3.63, 3.8) is 0 Å². The number of halogens is 2. The first-order chi connectivity index (χ1) is 4.17. The van der Waals surface area contributed by atoms with Crippen LogP contribution in [0.15, 0.2) is 0 Å². The summed E-state index contributed by atoms with van der Waals surface area (Å²) in [4.78, 5) is 0. The van der Waals surface area contributed by atoms with Crippen LogP contribution in [0, 0.1) is 0 Å². The van der Waals surface area contributed by atoms with Crippen molar-refractivity contribution in [1.82, 2.24) is 0 Å². The maximum absolute atomic E-state index is 11.8. The summed E-state index contributed by atoms with van der Waals surface area (Å²) in [7, 11) is 11.7. The fourth-order valence-corrected chi connectivity index (χ4v) is 2.75. The van der Waals surface area contributed by atoms with E-state index in [9.17, 15) is 3.32 Å². The van der Waals surface area contributed by atoms with Gasteiger partial charge < -0.3 is 0 Å². The Bertz CT molecular complexity index is 166. The van der Waals surface area contributed by atoms with Crippen LogP contribution in [-0.2, 0) is 16.5 Å². The van der Waals surface area contributed by atoms with E-state index in [1.54, 1.807) is 0 Å². The van der Waals surface area contributed by atoms with E-state index < -0.39 is 13.2 Å². The van der Waals surface area contributed by atoms with Crippen LogP contribution in [0.5, 0.6) is 0 Å². The van der Waals surface area contributed by atoms with Gasteiger partial charge in [-0.25, -0.2) is 0 Å². The predicted molar refractivity (Wildman–Crippen MR) is 42.6 cm³/mol. The van der Waals surface area contributed by atoms with Gasteiger partial charge in [0.05, 0.1) is 0 Å². The number of rotatable bonds is 2. The van der Waals surface area contributed by atoms with Crippen molar-refractivity contribution >= 4 is 18.6 Å². The van der Waals surface area contributed by atoms with Crippen LogP contribution in [0.3, 0.4) is 0 Å². The zero-order chi connectivity index (χ0) is 8.60. The third kappa shape index (κ3) is 2.04. The molecule has 0 aromatic heterocycles. The molecule has 1 nitrogen and oxygen atoms in total. The van der Waals surface area contributed by atoms with E-state index in [1.807, 2.05) is 27.7 Å². The Morgan fingerprint density at radius 2 is 1.20 bits per heavy atom. The quantitative estimate of drug-likeness (QED) is 0.644. The summed E-state index contributed by atoms with van der Waals surface area (Å²) in [6.45, 7) is 7.24. The second kappa shape index (κ2) is 2.86. The van der Waals surface area contributed by atoms with E-state index in [4.69, 9.17) is 18.6 Å². The van der Waals surface area contributed by atoms with Crippen molar-refractivity contribution < 1.29 is 16.5 Å². The molecule has 0 fully saturated rings. The molecule has 0 aliphatic carbocycles. The van der Waals surface area contributed by atoms with Crippen molar-refractivity contribution in [2.24, 2.45) is 0 Å². The normalized spacial score (nSPS) is 14.9. The second-order valence-electron chi connectivity index (χ2n) is 3.37. The Labute approximate surface area is 71.0 Å². The molecular weight excluding hydrogens is 207 g/mol. The van der Waals surface area contributed by atoms with Gasteiger partial charge in [-0.05, 0) is 0 Å². The molecule has 0 saturated heterocycles. The average Bonchev–Trinajstić information content (AvgIpc) is 1.63. The summed E-state index contributed by atoms with van der Waals surface area (Å²) in [6, 6.07) is 0. The van der Waals surface area contributed by atoms with Gasteiger partial charge in [-0.1, -0.05) is 0 Å². The van der Waals surface area contributed by atoms with Gasteiger partial charge >= 0.3 is 71.2 Å². The van der Waals surface area contributed by atoms with Gasteiger partial charge in [0, 0.05) is 0 Å². The SMILES string of the molecule is C[CH](C)[Ti](=[O])([Cl])([Cl])[CH](C)C. The van der Waals surface area contributed by atoms with E-state index >= 15 is 0 Å². The van der Waals surface area contributed by atoms with E-state index in [2.05, 4.69) is 0 Å². The Morgan fingerprint density at radius 3 is 1.20 bits per heavy atom. The van der Waals surface area contributed by atoms with Crippen molar-refractivity contribution in [2.45, 2.75) is 36.1 Å². The molecule has 62 valence electrons. The summed E-state index contributed by atoms with van der Waals surface area (Å²) in [5.74, 6) is 0. The van der Waals surface area contributed by atoms with Crippen LogP contribution in [0.4, 0.5) is 0 Å². The van der Waals surface area contributed by atoms with Gasteiger partial charge in [-0.2, -0.15) is 0 Å². The number of hydrogen-bond acceptors (Lipinski definition) is 1. The molecule has 10 heavy (non-hydrogen) atoms. The van der Waals surface area contributed by atoms with Crippen molar-refractivity contribution in [3.05, 3.63) is 0 Å². The molecule has 0 bridgehead atoms. The molecule has 0 spiro atoms. The van der Waals surface area contributed by atoms with Crippen molar-refractivity contribution in [1.29, 1.82) is 0 Å². The monoisotopic (exact) mass is 220 g/mol. The topological polar surface area (TPSA) is 17.1 Å². The van der Waals surface area contributed by atoms with Crippen molar-refractivity contribution in [3.8, 4) is 0 Å². The third-order valence-electron chi connectivity index (χ3n) is 2.01. The van der Waals surface area contributed by atoms with Crippen LogP contribution < -0.4 is 0 Å². The van der Waals surface area contributed by atoms with Gasteiger partial charge in [0.2, 0.25) is 0 Å². The van der Waals surface area contributed by atoms with Crippen LogP contribution in [0.1, 0.15) is 27.7 Å². The molecule has 0 aliphatic heterocycles. The Morgan fingerprint density at radius 1 is 1.00 bits per heavy atom. The Balaban J connectivity index is 4.80. The second-order valence-corrected chi connectivity index (χ2v) is 17.5. The zero-order valence-electron chi connectivity index (χ0n) is 6.82. The van der Waals surface area contributed by atoms with Gasteiger partial charge in [0.15, 0.2) is 0 Å². The van der Waals surface area contributed by atoms with Gasteiger partial charge in [0.25, 0.3) is 0 Å². The first-order valence-electron chi connectivity index (χ1n) is 3.47. The fourth-order valence-electron chi connectivity index (χ4n) is 0.667. The molecule has 0 saturated carbocycles. The molecule has 0 aromatic rings. The predicted octanol–water partition coefficient (Wildman–Crippen LogP) is 3.99. The minimum absolute atomic E-state index is 0.0969. The standard InChI is InChI=1S/2C3H7.2ClH.O.Ti/c2*1-3-2;;;;/h2*3H,1-2H3;2*1H;;/q;;;;;+2/p-2. The van der Waals surface area contributed by atoms with E-state index in [-0.39, 0.29) is 8.45 Å². The van der Waals surface area contributed by atoms with Crippen molar-refractivity contribution in [2.75, 3.05) is 0 Å². The summed E-state index contributed by atoms with van der Waals surface area (Å²) in [5, 5.41) is 0. The molecule has 0 heterocycles. The molecule has 0 N–H and O–H groups in total. The average molecular weight is 221 g/mol. The van der Waals surface area contributed by atoms with Gasteiger partial charge in [0.1, 0.15) is 0 Å². The molecule has 0 amide bonds. The first kappa shape index (κ1) is 11.1. The van der Waals surface area contributed by atoms with E-state index in [0.29, 0.717) is 0 Å². The molecule has 0 unspecified atom stereocenters. The summed E-state index contributed by atoms with van der Waals surface area (Å²) >= 11 is -4.28. The van der Waals surface area contributed by atoms with Crippen LogP contribution in [0.2, 0.25) is 8.45 Å². The molecule has 0 rings (SSSR count). The van der Waals surface area contributed by atoms with Crippen LogP contribution in [-0.4, -0.2) is 0 Å². The van der Waals surface area contributed by atoms with Crippen LogP contribution in [0.25, 0.3) is 0 Å². The van der Waals surface area contributed by atoms with Crippen LogP contribution >= 0.6 is 18.6 Å².